The summed E-state index contributed by atoms with van der Waals surface area (Å²) in [5.74, 6) is 0. The van der Waals surface area contributed by atoms with Crippen molar-refractivity contribution in [3.8, 4) is 0 Å². The Morgan fingerprint density at radius 1 is 1.71 bits per heavy atom. The second-order valence-electron chi connectivity index (χ2n) is 1.49. The van der Waals surface area contributed by atoms with Crippen LogP contribution < -0.4 is 5.73 Å². The number of aliphatic hydroxyl groups is 1. The lowest BCUT2D eigenvalue weighted by Crippen LogP contribution is -2.15. The van der Waals surface area contributed by atoms with Crippen LogP contribution in [0.5, 0.6) is 0 Å². The van der Waals surface area contributed by atoms with E-state index in [1.54, 1.807) is 0 Å². The van der Waals surface area contributed by atoms with Crippen LogP contribution >= 0.6 is 12.4 Å². The Morgan fingerprint density at radius 3 is 2.14 bits per heavy atom. The van der Waals surface area contributed by atoms with E-state index >= 15 is 0 Å². The zero-order chi connectivity index (χ0) is 4.99. The molecule has 0 amide bonds. The molecule has 0 aromatic carbocycles. The third kappa shape index (κ3) is 10.7. The van der Waals surface area contributed by atoms with Crippen LogP contribution in [-0.2, 0) is 0 Å². The Kier molecular flexibility index (Phi) is 9.09. The predicted octanol–water partition coefficient (Wildman–Crippen LogP) is 0.138. The van der Waals surface area contributed by atoms with Crippen molar-refractivity contribution < 1.29 is 5.11 Å². The van der Waals surface area contributed by atoms with Crippen molar-refractivity contribution >= 4 is 12.4 Å². The molecule has 0 heterocycles. The second kappa shape index (κ2) is 6.21. The van der Waals surface area contributed by atoms with Gasteiger partial charge in [-0.05, 0) is 13.3 Å². The van der Waals surface area contributed by atoms with E-state index in [4.69, 9.17) is 10.8 Å². The monoisotopic (exact) mass is 125 g/mol. The van der Waals surface area contributed by atoms with Crippen LogP contribution in [0, 0.1) is 0 Å². The van der Waals surface area contributed by atoms with Crippen LogP contribution in [0.4, 0.5) is 0 Å². The van der Waals surface area contributed by atoms with Crippen LogP contribution in [0.1, 0.15) is 13.3 Å². The van der Waals surface area contributed by atoms with Gasteiger partial charge in [-0.25, -0.2) is 0 Å². The molecule has 0 rings (SSSR count). The molecule has 0 aromatic heterocycles. The van der Waals surface area contributed by atoms with Crippen LogP contribution in [0.15, 0.2) is 0 Å². The highest BCUT2D eigenvalue weighted by molar-refractivity contribution is 5.85. The lowest BCUT2D eigenvalue weighted by molar-refractivity contribution is 0.279. The third-order valence-electron chi connectivity index (χ3n) is 0.584. The zero-order valence-corrected chi connectivity index (χ0v) is 5.24. The molecule has 46 valence electrons. The van der Waals surface area contributed by atoms with Gasteiger partial charge in [0.1, 0.15) is 0 Å². The first-order valence-corrected chi connectivity index (χ1v) is 2.14. The standard InChI is InChI=1S/C4H11NO.ClH/c1-4(5)2-3-6;/h4,6H,2-3,5H2,1H3;1H/t4-;/m0./s1. The molecular weight excluding hydrogens is 114 g/mol. The van der Waals surface area contributed by atoms with Gasteiger partial charge in [0.05, 0.1) is 0 Å². The average Bonchev–Trinajstić information content (AvgIpc) is 1.35. The number of halogens is 1. The van der Waals surface area contributed by atoms with Crippen LogP contribution in [0.25, 0.3) is 0 Å². The van der Waals surface area contributed by atoms with Crippen LogP contribution in [-0.4, -0.2) is 17.8 Å². The van der Waals surface area contributed by atoms with E-state index in [2.05, 4.69) is 0 Å². The Hall–Kier alpha value is 0.210. The lowest BCUT2D eigenvalue weighted by Gasteiger charge is -1.96. The molecule has 7 heavy (non-hydrogen) atoms. The molecule has 2 nitrogen and oxygen atoms in total. The maximum absolute atomic E-state index is 8.16. The molecule has 0 unspecified atom stereocenters. The largest absolute Gasteiger partial charge is 0.396 e. The molecule has 0 fully saturated rings. The fraction of sp³-hybridized carbons (Fsp3) is 1.00. The van der Waals surface area contributed by atoms with Gasteiger partial charge < -0.3 is 10.8 Å². The van der Waals surface area contributed by atoms with Crippen molar-refractivity contribution in [2.75, 3.05) is 6.61 Å². The van der Waals surface area contributed by atoms with E-state index < -0.39 is 0 Å². The van der Waals surface area contributed by atoms with Gasteiger partial charge in [0.25, 0.3) is 0 Å². The summed E-state index contributed by atoms with van der Waals surface area (Å²) in [6.07, 6.45) is 0.708. The number of hydrogen-bond donors (Lipinski definition) is 2. The molecule has 0 aliphatic heterocycles. The number of nitrogens with two attached hydrogens (primary N) is 1. The lowest BCUT2D eigenvalue weighted by atomic mass is 10.3. The third-order valence-corrected chi connectivity index (χ3v) is 0.584. The predicted molar refractivity (Wildman–Crippen MR) is 32.6 cm³/mol. The van der Waals surface area contributed by atoms with Crippen molar-refractivity contribution in [3.63, 3.8) is 0 Å². The molecular formula is C4H12ClNO. The maximum Gasteiger partial charge on any atom is 0.0445 e. The summed E-state index contributed by atoms with van der Waals surface area (Å²) in [5.41, 5.74) is 5.24. The summed E-state index contributed by atoms with van der Waals surface area (Å²) in [5, 5.41) is 8.16. The quantitative estimate of drug-likeness (QED) is 0.552. The molecule has 3 heteroatoms. The first-order chi connectivity index (χ1) is 2.77. The normalized spacial score (nSPS) is 12.4. The van der Waals surface area contributed by atoms with Crippen molar-refractivity contribution in [1.82, 2.24) is 0 Å². The van der Waals surface area contributed by atoms with Gasteiger partial charge in [0, 0.05) is 12.6 Å². The van der Waals surface area contributed by atoms with Gasteiger partial charge in [0.2, 0.25) is 0 Å². The molecule has 0 aliphatic rings. The van der Waals surface area contributed by atoms with Crippen LogP contribution in [0.2, 0.25) is 0 Å². The minimum absolute atomic E-state index is 0. The summed E-state index contributed by atoms with van der Waals surface area (Å²) in [6.45, 7) is 2.08. The SMILES string of the molecule is C[C@H](N)CCO.Cl. The molecule has 0 saturated heterocycles. The molecule has 0 bridgehead atoms. The zero-order valence-electron chi connectivity index (χ0n) is 4.42. The van der Waals surface area contributed by atoms with Crippen molar-refractivity contribution in [1.29, 1.82) is 0 Å². The maximum atomic E-state index is 8.16. The Bertz CT molecular complexity index is 32.9. The van der Waals surface area contributed by atoms with Gasteiger partial charge in [-0.2, -0.15) is 0 Å². The Morgan fingerprint density at radius 2 is 2.14 bits per heavy atom. The van der Waals surface area contributed by atoms with Gasteiger partial charge in [-0.3, -0.25) is 0 Å². The molecule has 0 saturated carbocycles. The van der Waals surface area contributed by atoms with Crippen molar-refractivity contribution in [3.05, 3.63) is 0 Å². The first kappa shape index (κ1) is 10.2. The first-order valence-electron chi connectivity index (χ1n) is 2.14. The minimum atomic E-state index is 0. The molecule has 1 atom stereocenters. The van der Waals surface area contributed by atoms with Crippen molar-refractivity contribution in [2.24, 2.45) is 5.73 Å². The summed E-state index contributed by atoms with van der Waals surface area (Å²) < 4.78 is 0. The van der Waals surface area contributed by atoms with E-state index in [0.717, 1.165) is 0 Å². The molecule has 0 radical (unpaired) electrons. The van der Waals surface area contributed by atoms with Gasteiger partial charge in [-0.15, -0.1) is 12.4 Å². The summed E-state index contributed by atoms with van der Waals surface area (Å²) in [7, 11) is 0. The van der Waals surface area contributed by atoms with Crippen LogP contribution in [0.3, 0.4) is 0 Å². The fourth-order valence-corrected chi connectivity index (χ4v) is 0.204. The van der Waals surface area contributed by atoms with Gasteiger partial charge in [-0.1, -0.05) is 0 Å². The summed E-state index contributed by atoms with van der Waals surface area (Å²) in [6, 6.07) is 0.148. The van der Waals surface area contributed by atoms with Gasteiger partial charge >= 0.3 is 0 Å². The van der Waals surface area contributed by atoms with E-state index in [9.17, 15) is 0 Å². The summed E-state index contributed by atoms with van der Waals surface area (Å²) >= 11 is 0. The number of rotatable bonds is 2. The molecule has 0 aliphatic carbocycles. The second-order valence-corrected chi connectivity index (χ2v) is 1.49. The minimum Gasteiger partial charge on any atom is -0.396 e. The highest BCUT2D eigenvalue weighted by atomic mass is 35.5. The number of aliphatic hydroxyl groups excluding tert-OH is 1. The fourth-order valence-electron chi connectivity index (χ4n) is 0.204. The smallest absolute Gasteiger partial charge is 0.0445 e. The molecule has 3 N–H and O–H groups in total. The molecule has 0 aromatic rings. The van der Waals surface area contributed by atoms with E-state index in [1.165, 1.54) is 0 Å². The van der Waals surface area contributed by atoms with E-state index in [0.29, 0.717) is 6.42 Å². The number of hydrogen-bond acceptors (Lipinski definition) is 2. The average molecular weight is 126 g/mol. The Labute approximate surface area is 50.1 Å². The van der Waals surface area contributed by atoms with Crippen molar-refractivity contribution in [2.45, 2.75) is 19.4 Å². The highest BCUT2D eigenvalue weighted by Crippen LogP contribution is 1.79. The topological polar surface area (TPSA) is 46.2 Å². The van der Waals surface area contributed by atoms with Gasteiger partial charge in [0.15, 0.2) is 0 Å². The highest BCUT2D eigenvalue weighted by Gasteiger charge is 1.86. The van der Waals surface area contributed by atoms with E-state index in [1.807, 2.05) is 6.92 Å². The molecule has 0 spiro atoms. The Balaban J connectivity index is 0. The summed E-state index contributed by atoms with van der Waals surface area (Å²) in [4.78, 5) is 0. The van der Waals surface area contributed by atoms with E-state index in [-0.39, 0.29) is 25.1 Å².